The van der Waals surface area contributed by atoms with Crippen LogP contribution in [-0.4, -0.2) is 44.2 Å². The van der Waals surface area contributed by atoms with E-state index in [1.54, 1.807) is 44.7 Å². The smallest absolute Gasteiger partial charge is 0.248 e. The zero-order valence-corrected chi connectivity index (χ0v) is 24.2. The van der Waals surface area contributed by atoms with Gasteiger partial charge in [0.05, 0.1) is 33.1 Å². The Kier molecular flexibility index (Phi) is 9.11. The maximum atomic E-state index is 13.7. The monoisotopic (exact) mass is 560 g/mol. The Morgan fingerprint density at radius 3 is 2.37 bits per heavy atom. The normalized spacial score (nSPS) is 14.6. The van der Waals surface area contributed by atoms with Gasteiger partial charge in [-0.3, -0.25) is 14.4 Å². The van der Waals surface area contributed by atoms with Crippen LogP contribution in [0.2, 0.25) is 0 Å². The molecule has 3 aromatic rings. The van der Waals surface area contributed by atoms with Crippen LogP contribution in [0.25, 0.3) is 11.1 Å². The molecule has 2 amide bonds. The van der Waals surface area contributed by atoms with Gasteiger partial charge in [-0.05, 0) is 65.8 Å². The molecule has 2 aromatic carbocycles. The van der Waals surface area contributed by atoms with Crippen molar-refractivity contribution in [3.8, 4) is 28.4 Å². The summed E-state index contributed by atoms with van der Waals surface area (Å²) in [5, 5.41) is 8.97. The van der Waals surface area contributed by atoms with Crippen molar-refractivity contribution in [1.82, 2.24) is 10.3 Å². The number of methoxy groups -OCH3 is 3. The highest BCUT2D eigenvalue weighted by Gasteiger charge is 2.30. The summed E-state index contributed by atoms with van der Waals surface area (Å²) in [5.74, 6) is 1.16. The first-order valence-electron chi connectivity index (χ1n) is 13.4. The van der Waals surface area contributed by atoms with Gasteiger partial charge in [0, 0.05) is 18.7 Å². The van der Waals surface area contributed by atoms with Crippen molar-refractivity contribution in [2.24, 2.45) is 5.92 Å². The Bertz CT molecular complexity index is 1490. The van der Waals surface area contributed by atoms with E-state index in [0.29, 0.717) is 47.0 Å². The standard InChI is InChI=1S/C31H36N4O6/c1-17(2)28(31(38)35-26-9-7-8-14-32-26)34-23-13-11-20-21(16-24(23)37)22(33-18(3)36)12-10-19-15-25(39-4)29(40-5)30(41-6)27(19)20/h7-9,11,13-17,22,28H,10,12H2,1-6H3,(H,33,36)(H,34,37)(H,32,35,38)/t22-,28+/m0/s1. The number of pyridine rings is 1. The van der Waals surface area contributed by atoms with Crippen LogP contribution in [0.4, 0.5) is 11.5 Å². The number of rotatable bonds is 9. The molecule has 0 spiro atoms. The van der Waals surface area contributed by atoms with Gasteiger partial charge in [-0.25, -0.2) is 4.98 Å². The number of hydrogen-bond acceptors (Lipinski definition) is 8. The highest BCUT2D eigenvalue weighted by Crippen LogP contribution is 2.50. The zero-order chi connectivity index (χ0) is 29.7. The molecule has 2 atom stereocenters. The number of fused-ring (bicyclic) bond motifs is 3. The zero-order valence-electron chi connectivity index (χ0n) is 24.2. The molecule has 0 bridgehead atoms. The van der Waals surface area contributed by atoms with E-state index in [1.165, 1.54) is 20.1 Å². The van der Waals surface area contributed by atoms with E-state index in [-0.39, 0.29) is 28.8 Å². The third kappa shape index (κ3) is 6.26. The molecule has 0 aliphatic heterocycles. The molecule has 0 radical (unpaired) electrons. The molecule has 41 heavy (non-hydrogen) atoms. The van der Waals surface area contributed by atoms with Gasteiger partial charge in [-0.1, -0.05) is 26.0 Å². The molecule has 0 unspecified atom stereocenters. The molecule has 10 nitrogen and oxygen atoms in total. The second-order valence-corrected chi connectivity index (χ2v) is 10.2. The number of carbonyl (C=O) groups excluding carboxylic acids is 2. The molecule has 1 aliphatic carbocycles. The van der Waals surface area contributed by atoms with Crippen LogP contribution < -0.4 is 35.6 Å². The van der Waals surface area contributed by atoms with Crippen LogP contribution >= 0.6 is 0 Å². The third-order valence-electron chi connectivity index (χ3n) is 7.09. The Hall–Kier alpha value is -4.60. The lowest BCUT2D eigenvalue weighted by atomic mass is 9.95. The molecule has 1 aromatic heterocycles. The molecule has 1 aliphatic rings. The lowest BCUT2D eigenvalue weighted by Crippen LogP contribution is -2.40. The molecule has 10 heteroatoms. The van der Waals surface area contributed by atoms with Crippen LogP contribution in [0, 0.1) is 5.92 Å². The van der Waals surface area contributed by atoms with Gasteiger partial charge >= 0.3 is 0 Å². The number of aryl methyl sites for hydroxylation is 1. The summed E-state index contributed by atoms with van der Waals surface area (Å²) in [5.41, 5.74) is 2.95. The largest absolute Gasteiger partial charge is 0.493 e. The SMILES string of the molecule is COc1cc2c(c(OC)c1OC)-c1ccc(N[C@@H](C(=O)Nc3ccccn3)C(C)C)c(=O)cc1[C@@H](NC(C)=O)CC2. The van der Waals surface area contributed by atoms with Gasteiger partial charge in [0.1, 0.15) is 11.9 Å². The van der Waals surface area contributed by atoms with Crippen molar-refractivity contribution in [2.45, 2.75) is 45.7 Å². The molecular formula is C31H36N4O6. The van der Waals surface area contributed by atoms with E-state index < -0.39 is 12.1 Å². The molecule has 0 fully saturated rings. The fourth-order valence-corrected chi connectivity index (χ4v) is 5.17. The number of anilines is 2. The van der Waals surface area contributed by atoms with Crippen molar-refractivity contribution in [1.29, 1.82) is 0 Å². The first-order valence-corrected chi connectivity index (χ1v) is 13.4. The van der Waals surface area contributed by atoms with Crippen LogP contribution in [-0.2, 0) is 16.0 Å². The molecule has 4 rings (SSSR count). The second-order valence-electron chi connectivity index (χ2n) is 10.2. The van der Waals surface area contributed by atoms with Crippen molar-refractivity contribution < 1.29 is 23.8 Å². The maximum Gasteiger partial charge on any atom is 0.248 e. The highest BCUT2D eigenvalue weighted by atomic mass is 16.5. The fraction of sp³-hybridized carbons (Fsp3) is 0.355. The Balaban J connectivity index is 1.86. The second kappa shape index (κ2) is 12.7. The van der Waals surface area contributed by atoms with Gasteiger partial charge in [-0.15, -0.1) is 0 Å². The van der Waals surface area contributed by atoms with Gasteiger partial charge < -0.3 is 30.2 Å². The number of carbonyl (C=O) groups is 2. The summed E-state index contributed by atoms with van der Waals surface area (Å²) < 4.78 is 17.1. The number of nitrogens with one attached hydrogen (secondary N) is 3. The molecule has 0 saturated heterocycles. The number of benzene rings is 1. The predicted octanol–water partition coefficient (Wildman–Crippen LogP) is 4.33. The molecular weight excluding hydrogens is 524 g/mol. The number of ether oxygens (including phenoxy) is 3. The molecule has 1 heterocycles. The van der Waals surface area contributed by atoms with Gasteiger partial charge in [0.25, 0.3) is 0 Å². The van der Waals surface area contributed by atoms with E-state index in [1.807, 2.05) is 26.0 Å². The van der Waals surface area contributed by atoms with Crippen molar-refractivity contribution in [2.75, 3.05) is 32.0 Å². The minimum Gasteiger partial charge on any atom is -0.493 e. The summed E-state index contributed by atoms with van der Waals surface area (Å²) in [4.78, 5) is 43.2. The highest BCUT2D eigenvalue weighted by molar-refractivity contribution is 5.96. The predicted molar refractivity (Wildman–Crippen MR) is 158 cm³/mol. The number of amides is 2. The first-order chi connectivity index (χ1) is 19.7. The van der Waals surface area contributed by atoms with Gasteiger partial charge in [0.2, 0.25) is 23.0 Å². The average molecular weight is 561 g/mol. The number of nitrogens with zero attached hydrogens (tertiary/aromatic N) is 1. The van der Waals surface area contributed by atoms with E-state index >= 15 is 0 Å². The van der Waals surface area contributed by atoms with E-state index in [4.69, 9.17) is 14.2 Å². The van der Waals surface area contributed by atoms with Crippen LogP contribution in [0.5, 0.6) is 17.2 Å². The Morgan fingerprint density at radius 1 is 1.00 bits per heavy atom. The minimum absolute atomic E-state index is 0.147. The fourth-order valence-electron chi connectivity index (χ4n) is 5.17. The maximum absolute atomic E-state index is 13.7. The molecule has 216 valence electrons. The van der Waals surface area contributed by atoms with Crippen LogP contribution in [0.15, 0.2) is 53.5 Å². The first kappa shape index (κ1) is 29.4. The van der Waals surface area contributed by atoms with Crippen molar-refractivity contribution in [3.05, 3.63) is 70.0 Å². The third-order valence-corrected chi connectivity index (χ3v) is 7.09. The van der Waals surface area contributed by atoms with Gasteiger partial charge in [0.15, 0.2) is 11.5 Å². The summed E-state index contributed by atoms with van der Waals surface area (Å²) in [6.45, 7) is 5.24. The van der Waals surface area contributed by atoms with Gasteiger partial charge in [-0.2, -0.15) is 0 Å². The van der Waals surface area contributed by atoms with Crippen LogP contribution in [0.1, 0.15) is 44.4 Å². The summed E-state index contributed by atoms with van der Waals surface area (Å²) in [7, 11) is 4.65. The average Bonchev–Trinajstić information content (AvgIpc) is 3.19. The summed E-state index contributed by atoms with van der Waals surface area (Å²) in [6.07, 6.45) is 2.74. The minimum atomic E-state index is -0.718. The summed E-state index contributed by atoms with van der Waals surface area (Å²) in [6, 6.07) is 11.0. The molecule has 3 N–H and O–H groups in total. The lowest BCUT2D eigenvalue weighted by molar-refractivity contribution is -0.120. The van der Waals surface area contributed by atoms with E-state index in [0.717, 1.165) is 11.1 Å². The van der Waals surface area contributed by atoms with E-state index in [2.05, 4.69) is 20.9 Å². The van der Waals surface area contributed by atoms with Crippen molar-refractivity contribution in [3.63, 3.8) is 0 Å². The quantitative estimate of drug-likeness (QED) is 0.353. The lowest BCUT2D eigenvalue weighted by Gasteiger charge is -2.22. The Labute approximate surface area is 239 Å². The van der Waals surface area contributed by atoms with Crippen molar-refractivity contribution >= 4 is 23.3 Å². The Morgan fingerprint density at radius 2 is 1.76 bits per heavy atom. The van der Waals surface area contributed by atoms with E-state index in [9.17, 15) is 14.4 Å². The summed E-state index contributed by atoms with van der Waals surface area (Å²) >= 11 is 0. The van der Waals surface area contributed by atoms with Crippen LogP contribution in [0.3, 0.4) is 0 Å². The topological polar surface area (TPSA) is 128 Å². The number of hydrogen-bond donors (Lipinski definition) is 3. The molecule has 0 saturated carbocycles. The number of aromatic nitrogens is 1.